The lowest BCUT2D eigenvalue weighted by Gasteiger charge is -2.18. The number of aromatic nitrogens is 2. The molecule has 0 aromatic carbocycles. The molecule has 0 bridgehead atoms. The number of hydrogen-bond acceptors (Lipinski definition) is 4. The van der Waals surface area contributed by atoms with Crippen LogP contribution in [0.4, 0.5) is 5.82 Å². The fourth-order valence-corrected chi connectivity index (χ4v) is 2.13. The maximum absolute atomic E-state index is 8.89. The van der Waals surface area contributed by atoms with E-state index in [1.165, 1.54) is 6.42 Å². The first-order valence-corrected chi connectivity index (χ1v) is 5.87. The van der Waals surface area contributed by atoms with Gasteiger partial charge in [0.1, 0.15) is 5.82 Å². The second-order valence-corrected chi connectivity index (χ2v) is 4.76. The predicted molar refractivity (Wildman–Crippen MR) is 63.1 cm³/mol. The molecule has 0 spiro atoms. The van der Waals surface area contributed by atoms with Gasteiger partial charge < -0.3 is 10.0 Å². The molecule has 1 fully saturated rings. The normalized spacial score (nSPS) is 20.8. The van der Waals surface area contributed by atoms with Gasteiger partial charge in [-0.1, -0.05) is 13.8 Å². The highest BCUT2D eigenvalue weighted by Gasteiger charge is 2.25. The van der Waals surface area contributed by atoms with Crippen LogP contribution in [-0.2, 0) is 6.61 Å². The quantitative estimate of drug-likeness (QED) is 0.839. The molecule has 4 nitrogen and oxygen atoms in total. The number of nitrogens with zero attached hydrogens (tertiary/aromatic N) is 3. The standard InChI is InChI=1S/C12H19N3O/c1-9(2)10-3-4-15(7-10)12-6-13-11(8-16)5-14-12/h5-6,9-10,16H,3-4,7-8H2,1-2H3. The topological polar surface area (TPSA) is 49.2 Å². The number of aliphatic hydroxyl groups excluding tert-OH is 1. The van der Waals surface area contributed by atoms with Gasteiger partial charge in [-0.25, -0.2) is 4.98 Å². The minimum Gasteiger partial charge on any atom is -0.390 e. The fourth-order valence-electron chi connectivity index (χ4n) is 2.13. The summed E-state index contributed by atoms with van der Waals surface area (Å²) in [7, 11) is 0. The highest BCUT2D eigenvalue weighted by Crippen LogP contribution is 2.26. The summed E-state index contributed by atoms with van der Waals surface area (Å²) in [6.45, 7) is 6.64. The minimum absolute atomic E-state index is 0.0398. The Labute approximate surface area is 96.3 Å². The zero-order chi connectivity index (χ0) is 11.5. The number of anilines is 1. The molecule has 4 heteroatoms. The van der Waals surface area contributed by atoms with E-state index in [4.69, 9.17) is 5.11 Å². The lowest BCUT2D eigenvalue weighted by Crippen LogP contribution is -2.22. The fraction of sp³-hybridized carbons (Fsp3) is 0.667. The summed E-state index contributed by atoms with van der Waals surface area (Å²) in [5, 5.41) is 8.89. The summed E-state index contributed by atoms with van der Waals surface area (Å²) in [6.07, 6.45) is 4.65. The van der Waals surface area contributed by atoms with Crippen molar-refractivity contribution in [2.45, 2.75) is 26.9 Å². The molecule has 0 saturated carbocycles. The van der Waals surface area contributed by atoms with Gasteiger partial charge in [-0.3, -0.25) is 4.98 Å². The second-order valence-electron chi connectivity index (χ2n) is 4.76. The van der Waals surface area contributed by atoms with Crippen LogP contribution in [0.15, 0.2) is 12.4 Å². The Morgan fingerprint density at radius 2 is 2.25 bits per heavy atom. The van der Waals surface area contributed by atoms with Crippen LogP contribution in [0.3, 0.4) is 0 Å². The third kappa shape index (κ3) is 2.32. The van der Waals surface area contributed by atoms with Crippen molar-refractivity contribution in [3.05, 3.63) is 18.1 Å². The Kier molecular flexibility index (Phi) is 3.39. The average molecular weight is 221 g/mol. The van der Waals surface area contributed by atoms with Crippen molar-refractivity contribution in [3.8, 4) is 0 Å². The van der Waals surface area contributed by atoms with Gasteiger partial charge in [-0.05, 0) is 18.3 Å². The Balaban J connectivity index is 2.03. The van der Waals surface area contributed by atoms with Crippen molar-refractivity contribution >= 4 is 5.82 Å². The molecule has 0 radical (unpaired) electrons. The van der Waals surface area contributed by atoms with Crippen LogP contribution < -0.4 is 4.90 Å². The molecule has 0 amide bonds. The van der Waals surface area contributed by atoms with Crippen molar-refractivity contribution in [3.63, 3.8) is 0 Å². The van der Waals surface area contributed by atoms with E-state index in [0.29, 0.717) is 5.69 Å². The van der Waals surface area contributed by atoms with Crippen LogP contribution >= 0.6 is 0 Å². The first-order valence-electron chi connectivity index (χ1n) is 5.87. The SMILES string of the molecule is CC(C)C1CCN(c2cnc(CO)cn2)C1. The van der Waals surface area contributed by atoms with Gasteiger partial charge in [-0.15, -0.1) is 0 Å². The second kappa shape index (κ2) is 4.78. The van der Waals surface area contributed by atoms with Gasteiger partial charge in [0.25, 0.3) is 0 Å². The van der Waals surface area contributed by atoms with Crippen LogP contribution in [-0.4, -0.2) is 28.2 Å². The summed E-state index contributed by atoms with van der Waals surface area (Å²) in [5.41, 5.74) is 0.628. The Morgan fingerprint density at radius 3 is 2.75 bits per heavy atom. The van der Waals surface area contributed by atoms with E-state index in [9.17, 15) is 0 Å². The highest BCUT2D eigenvalue weighted by molar-refractivity contribution is 5.37. The molecule has 1 N–H and O–H groups in total. The van der Waals surface area contributed by atoms with Crippen LogP contribution in [0.1, 0.15) is 26.0 Å². The molecule has 1 atom stereocenters. The lowest BCUT2D eigenvalue weighted by molar-refractivity contribution is 0.276. The minimum atomic E-state index is -0.0398. The third-order valence-electron chi connectivity index (χ3n) is 3.35. The van der Waals surface area contributed by atoms with E-state index >= 15 is 0 Å². The van der Waals surface area contributed by atoms with E-state index in [-0.39, 0.29) is 6.61 Å². The molecule has 1 saturated heterocycles. The molecule has 1 aliphatic rings. The summed E-state index contributed by atoms with van der Waals surface area (Å²) >= 11 is 0. The van der Waals surface area contributed by atoms with Crippen LogP contribution in [0.2, 0.25) is 0 Å². The van der Waals surface area contributed by atoms with Crippen LogP contribution in [0.25, 0.3) is 0 Å². The molecule has 88 valence electrons. The maximum atomic E-state index is 8.89. The first-order chi connectivity index (χ1) is 7.70. The van der Waals surface area contributed by atoms with Gasteiger partial charge in [-0.2, -0.15) is 0 Å². The molecular weight excluding hydrogens is 202 g/mol. The summed E-state index contributed by atoms with van der Waals surface area (Å²) < 4.78 is 0. The van der Waals surface area contributed by atoms with E-state index in [1.807, 2.05) is 0 Å². The van der Waals surface area contributed by atoms with E-state index in [1.54, 1.807) is 12.4 Å². The molecule has 1 aliphatic heterocycles. The monoisotopic (exact) mass is 221 g/mol. The Hall–Kier alpha value is -1.16. The zero-order valence-electron chi connectivity index (χ0n) is 9.93. The summed E-state index contributed by atoms with van der Waals surface area (Å²) in [4.78, 5) is 10.8. The summed E-state index contributed by atoms with van der Waals surface area (Å²) in [6, 6.07) is 0. The maximum Gasteiger partial charge on any atom is 0.147 e. The van der Waals surface area contributed by atoms with Crippen LogP contribution in [0, 0.1) is 11.8 Å². The van der Waals surface area contributed by atoms with Crippen molar-refractivity contribution in [1.29, 1.82) is 0 Å². The van der Waals surface area contributed by atoms with Crippen molar-refractivity contribution in [2.24, 2.45) is 11.8 Å². The molecule has 1 unspecified atom stereocenters. The van der Waals surface area contributed by atoms with Gasteiger partial charge in [0.2, 0.25) is 0 Å². The smallest absolute Gasteiger partial charge is 0.147 e. The molecular formula is C12H19N3O. The van der Waals surface area contributed by atoms with Crippen LogP contribution in [0.5, 0.6) is 0 Å². The lowest BCUT2D eigenvalue weighted by atomic mass is 9.95. The average Bonchev–Trinajstić information content (AvgIpc) is 2.78. The first kappa shape index (κ1) is 11.3. The van der Waals surface area contributed by atoms with E-state index < -0.39 is 0 Å². The Morgan fingerprint density at radius 1 is 1.44 bits per heavy atom. The highest BCUT2D eigenvalue weighted by atomic mass is 16.3. The number of hydrogen-bond donors (Lipinski definition) is 1. The molecule has 0 aliphatic carbocycles. The van der Waals surface area contributed by atoms with Crippen molar-refractivity contribution in [2.75, 3.05) is 18.0 Å². The van der Waals surface area contributed by atoms with Crippen molar-refractivity contribution in [1.82, 2.24) is 9.97 Å². The molecule has 2 rings (SSSR count). The Bertz CT molecular complexity index is 337. The predicted octanol–water partition coefficient (Wildman–Crippen LogP) is 1.45. The molecule has 1 aromatic rings. The molecule has 1 aromatic heterocycles. The largest absolute Gasteiger partial charge is 0.390 e. The number of rotatable bonds is 3. The van der Waals surface area contributed by atoms with Gasteiger partial charge in [0.15, 0.2) is 0 Å². The van der Waals surface area contributed by atoms with Gasteiger partial charge in [0.05, 0.1) is 24.7 Å². The number of aliphatic hydroxyl groups is 1. The van der Waals surface area contributed by atoms with E-state index in [2.05, 4.69) is 28.7 Å². The molecule has 16 heavy (non-hydrogen) atoms. The zero-order valence-corrected chi connectivity index (χ0v) is 9.93. The molecule has 2 heterocycles. The van der Waals surface area contributed by atoms with Gasteiger partial charge >= 0.3 is 0 Å². The van der Waals surface area contributed by atoms with Gasteiger partial charge in [0, 0.05) is 13.1 Å². The van der Waals surface area contributed by atoms with Crippen molar-refractivity contribution < 1.29 is 5.11 Å². The third-order valence-corrected chi connectivity index (χ3v) is 3.35. The van der Waals surface area contributed by atoms with E-state index in [0.717, 1.165) is 30.7 Å². The summed E-state index contributed by atoms with van der Waals surface area (Å²) in [5.74, 6) is 2.43.